The van der Waals surface area contributed by atoms with E-state index in [0.717, 1.165) is 0 Å². The minimum absolute atomic E-state index is 0.0367. The van der Waals surface area contributed by atoms with Gasteiger partial charge < -0.3 is 35.4 Å². The number of benzene rings is 1. The van der Waals surface area contributed by atoms with E-state index in [4.69, 9.17) is 4.74 Å². The van der Waals surface area contributed by atoms with E-state index in [-0.39, 0.29) is 63.8 Å². The molecule has 3 rings (SSSR count). The average Bonchev–Trinajstić information content (AvgIpc) is 2.95. The normalized spacial score (nSPS) is 14.3. The van der Waals surface area contributed by atoms with E-state index in [2.05, 4.69) is 20.6 Å². The van der Waals surface area contributed by atoms with Crippen LogP contribution in [0.25, 0.3) is 11.4 Å². The van der Waals surface area contributed by atoms with Gasteiger partial charge in [-0.3, -0.25) is 14.4 Å². The Morgan fingerprint density at radius 3 is 2.30 bits per heavy atom. The molecule has 3 amide bonds. The molecule has 1 aliphatic rings. The molecule has 2 heterocycles. The number of nitrogens with one attached hydrogen (secondary N) is 2. The van der Waals surface area contributed by atoms with E-state index in [9.17, 15) is 29.4 Å². The fourth-order valence-corrected chi connectivity index (χ4v) is 4.03. The first-order valence-electron chi connectivity index (χ1n) is 13.1. The van der Waals surface area contributed by atoms with Crippen molar-refractivity contribution in [1.82, 2.24) is 25.1 Å². The standard InChI is InChI=1S/C27H36N6O7/c1-4-40-26(39)33-14-12-32(13-15-33)25(38)19(10-11-22(35)36)29-24(37)20-16-21(31-27(2,3)17-34)30-23(28-20)18-8-6-5-7-9-18/h5-9,16,19,34H,4,10-15,17H2,1-3H3,(H,29,37)(H,35,36)(H,28,30,31)/t19-/m0/s1. The Morgan fingerprint density at radius 1 is 1.05 bits per heavy atom. The highest BCUT2D eigenvalue weighted by Gasteiger charge is 2.31. The first kappa shape index (κ1) is 30.3. The number of carbonyl (C=O) groups is 4. The molecule has 1 atom stereocenters. The molecule has 0 aliphatic carbocycles. The smallest absolute Gasteiger partial charge is 0.409 e. The molecule has 0 bridgehead atoms. The van der Waals surface area contributed by atoms with E-state index in [1.807, 2.05) is 6.07 Å². The maximum atomic E-state index is 13.4. The molecule has 0 radical (unpaired) electrons. The van der Waals surface area contributed by atoms with Crippen LogP contribution in [-0.4, -0.2) is 105 Å². The van der Waals surface area contributed by atoms with Gasteiger partial charge in [-0.1, -0.05) is 30.3 Å². The van der Waals surface area contributed by atoms with Gasteiger partial charge in [0, 0.05) is 44.2 Å². The van der Waals surface area contributed by atoms with Crippen molar-refractivity contribution >= 4 is 29.7 Å². The topological polar surface area (TPSA) is 174 Å². The molecule has 1 aromatic carbocycles. The monoisotopic (exact) mass is 556 g/mol. The van der Waals surface area contributed by atoms with Crippen molar-refractivity contribution in [3.05, 3.63) is 42.1 Å². The molecule has 1 aromatic heterocycles. The number of anilines is 1. The van der Waals surface area contributed by atoms with Gasteiger partial charge in [-0.05, 0) is 27.2 Å². The zero-order chi connectivity index (χ0) is 29.3. The van der Waals surface area contributed by atoms with Crippen molar-refractivity contribution in [3.8, 4) is 11.4 Å². The molecule has 0 saturated carbocycles. The first-order valence-corrected chi connectivity index (χ1v) is 13.1. The highest BCUT2D eigenvalue weighted by molar-refractivity contribution is 5.97. The minimum atomic E-state index is -1.13. The van der Waals surface area contributed by atoms with Gasteiger partial charge in [-0.15, -0.1) is 0 Å². The number of piperazine rings is 1. The average molecular weight is 557 g/mol. The molecule has 0 spiro atoms. The van der Waals surface area contributed by atoms with E-state index >= 15 is 0 Å². The summed E-state index contributed by atoms with van der Waals surface area (Å²) in [5.41, 5.74) is -0.132. The van der Waals surface area contributed by atoms with Gasteiger partial charge in [0.2, 0.25) is 5.91 Å². The van der Waals surface area contributed by atoms with E-state index in [1.54, 1.807) is 45.0 Å². The van der Waals surface area contributed by atoms with E-state index < -0.39 is 35.5 Å². The number of aliphatic carboxylic acids is 1. The lowest BCUT2D eigenvalue weighted by molar-refractivity contribution is -0.138. The number of hydrogen-bond acceptors (Lipinski definition) is 9. The van der Waals surface area contributed by atoms with Crippen LogP contribution in [0.4, 0.5) is 10.6 Å². The van der Waals surface area contributed by atoms with Crippen LogP contribution < -0.4 is 10.6 Å². The van der Waals surface area contributed by atoms with Crippen molar-refractivity contribution in [2.45, 2.75) is 45.2 Å². The van der Waals surface area contributed by atoms with Gasteiger partial charge in [0.1, 0.15) is 17.6 Å². The fourth-order valence-electron chi connectivity index (χ4n) is 4.03. The third-order valence-corrected chi connectivity index (χ3v) is 6.22. The number of ether oxygens (including phenoxy) is 1. The zero-order valence-corrected chi connectivity index (χ0v) is 22.9. The maximum absolute atomic E-state index is 13.4. The molecule has 216 valence electrons. The van der Waals surface area contributed by atoms with Crippen molar-refractivity contribution in [2.24, 2.45) is 0 Å². The summed E-state index contributed by atoms with van der Waals surface area (Å²) < 4.78 is 5.01. The lowest BCUT2D eigenvalue weighted by Gasteiger charge is -2.35. The van der Waals surface area contributed by atoms with Crippen LogP contribution in [-0.2, 0) is 14.3 Å². The summed E-state index contributed by atoms with van der Waals surface area (Å²) in [7, 11) is 0. The molecule has 13 heteroatoms. The summed E-state index contributed by atoms with van der Waals surface area (Å²) in [6.07, 6.45) is -0.926. The second kappa shape index (κ2) is 13.7. The van der Waals surface area contributed by atoms with Crippen LogP contribution in [0.3, 0.4) is 0 Å². The van der Waals surface area contributed by atoms with Gasteiger partial charge >= 0.3 is 12.1 Å². The Balaban J connectivity index is 1.83. The van der Waals surface area contributed by atoms with Crippen molar-refractivity contribution < 1.29 is 34.1 Å². The van der Waals surface area contributed by atoms with E-state index in [0.29, 0.717) is 11.4 Å². The largest absolute Gasteiger partial charge is 0.481 e. The Kier molecular flexibility index (Phi) is 10.4. The van der Waals surface area contributed by atoms with Gasteiger partial charge in [-0.25, -0.2) is 14.8 Å². The number of carboxylic acids is 1. The second-order valence-corrected chi connectivity index (χ2v) is 9.96. The molecule has 1 saturated heterocycles. The zero-order valence-electron chi connectivity index (χ0n) is 22.9. The Hall–Kier alpha value is -4.26. The summed E-state index contributed by atoms with van der Waals surface area (Å²) >= 11 is 0. The SMILES string of the molecule is CCOC(=O)N1CCN(C(=O)[C@H](CCC(=O)O)NC(=O)c2cc(NC(C)(C)CO)nc(-c3ccccc3)n2)CC1. The number of aliphatic hydroxyl groups is 1. The van der Waals surface area contributed by atoms with Crippen LogP contribution in [0.1, 0.15) is 44.1 Å². The fraction of sp³-hybridized carbons (Fsp3) is 0.481. The quantitative estimate of drug-likeness (QED) is 0.318. The Labute approximate surface area is 232 Å². The molecule has 2 aromatic rings. The molecule has 40 heavy (non-hydrogen) atoms. The van der Waals surface area contributed by atoms with Crippen LogP contribution >= 0.6 is 0 Å². The van der Waals surface area contributed by atoms with Gasteiger partial charge in [-0.2, -0.15) is 0 Å². The summed E-state index contributed by atoms with van der Waals surface area (Å²) in [6.45, 7) is 6.22. The Morgan fingerprint density at radius 2 is 1.70 bits per heavy atom. The third kappa shape index (κ3) is 8.37. The second-order valence-electron chi connectivity index (χ2n) is 9.96. The van der Waals surface area contributed by atoms with E-state index in [1.165, 1.54) is 15.9 Å². The highest BCUT2D eigenvalue weighted by Crippen LogP contribution is 2.21. The summed E-state index contributed by atoms with van der Waals surface area (Å²) in [5, 5.41) is 24.7. The maximum Gasteiger partial charge on any atom is 0.409 e. The number of aliphatic hydroxyl groups excluding tert-OH is 1. The van der Waals surface area contributed by atoms with Gasteiger partial charge in [0.25, 0.3) is 5.91 Å². The first-order chi connectivity index (χ1) is 19.0. The Bertz CT molecular complexity index is 1200. The number of aromatic nitrogens is 2. The predicted molar refractivity (Wildman–Crippen MR) is 146 cm³/mol. The highest BCUT2D eigenvalue weighted by atomic mass is 16.6. The molecule has 4 N–H and O–H groups in total. The molecular weight excluding hydrogens is 520 g/mol. The van der Waals surface area contributed by atoms with Crippen LogP contribution in [0.5, 0.6) is 0 Å². The third-order valence-electron chi connectivity index (χ3n) is 6.22. The molecule has 0 unspecified atom stereocenters. The number of carbonyl (C=O) groups excluding carboxylic acids is 3. The van der Waals surface area contributed by atoms with Crippen LogP contribution in [0.2, 0.25) is 0 Å². The number of carboxylic acid groups (broad SMARTS) is 1. The molecule has 1 fully saturated rings. The molecule has 13 nitrogen and oxygen atoms in total. The predicted octanol–water partition coefficient (Wildman–Crippen LogP) is 1.59. The van der Waals surface area contributed by atoms with Crippen molar-refractivity contribution in [1.29, 1.82) is 0 Å². The lowest BCUT2D eigenvalue weighted by Crippen LogP contribution is -2.56. The summed E-state index contributed by atoms with van der Waals surface area (Å²) in [5.74, 6) is -1.69. The van der Waals surface area contributed by atoms with Crippen LogP contribution in [0.15, 0.2) is 36.4 Å². The van der Waals surface area contributed by atoms with Gasteiger partial charge in [0.05, 0.1) is 18.8 Å². The number of hydrogen-bond donors (Lipinski definition) is 4. The number of nitrogens with zero attached hydrogens (tertiary/aromatic N) is 4. The number of amides is 3. The lowest BCUT2D eigenvalue weighted by atomic mass is 10.1. The minimum Gasteiger partial charge on any atom is -0.481 e. The summed E-state index contributed by atoms with van der Waals surface area (Å²) in [4.78, 5) is 62.0. The molecular formula is C27H36N6O7. The van der Waals surface area contributed by atoms with Crippen LogP contribution in [0, 0.1) is 0 Å². The van der Waals surface area contributed by atoms with Crippen molar-refractivity contribution in [3.63, 3.8) is 0 Å². The number of rotatable bonds is 11. The summed E-state index contributed by atoms with van der Waals surface area (Å²) in [6, 6.07) is 9.30. The van der Waals surface area contributed by atoms with Crippen molar-refractivity contribution in [2.75, 3.05) is 44.7 Å². The molecule has 1 aliphatic heterocycles. The van der Waals surface area contributed by atoms with Gasteiger partial charge in [0.15, 0.2) is 5.82 Å².